The molecule has 21 heavy (non-hydrogen) atoms. The first-order valence-electron chi connectivity index (χ1n) is 6.54. The molecule has 4 nitrogen and oxygen atoms in total. The summed E-state index contributed by atoms with van der Waals surface area (Å²) in [4.78, 5) is 12.0. The predicted molar refractivity (Wildman–Crippen MR) is 83.3 cm³/mol. The Morgan fingerprint density at radius 1 is 1.10 bits per heavy atom. The molecular weight excluding hydrogens is 286 g/mol. The Hall–Kier alpha value is -2.46. The van der Waals surface area contributed by atoms with E-state index in [0.29, 0.717) is 22.7 Å². The van der Waals surface area contributed by atoms with E-state index in [1.807, 2.05) is 24.3 Å². The molecule has 0 radical (unpaired) electrons. The third-order valence-corrected chi connectivity index (χ3v) is 3.69. The summed E-state index contributed by atoms with van der Waals surface area (Å²) in [6.45, 7) is 0. The van der Waals surface area contributed by atoms with Crippen molar-refractivity contribution in [2.75, 3.05) is 0 Å². The molecule has 0 atom stereocenters. The van der Waals surface area contributed by atoms with Gasteiger partial charge in [-0.2, -0.15) is 0 Å². The van der Waals surface area contributed by atoms with Crippen LogP contribution in [0.3, 0.4) is 0 Å². The molecule has 106 valence electrons. The quantitative estimate of drug-likeness (QED) is 0.763. The van der Waals surface area contributed by atoms with Crippen molar-refractivity contribution in [2.45, 2.75) is 6.42 Å². The van der Waals surface area contributed by atoms with Crippen molar-refractivity contribution in [2.24, 2.45) is 5.73 Å². The van der Waals surface area contributed by atoms with Gasteiger partial charge in [0.25, 0.3) is 5.91 Å². The van der Waals surface area contributed by atoms with Crippen molar-refractivity contribution in [3.63, 3.8) is 0 Å². The number of halogens is 1. The number of carbonyl (C=O) groups excluding carboxylic acids is 1. The number of nitrogens with one attached hydrogen (secondary N) is 2. The van der Waals surface area contributed by atoms with E-state index in [-0.39, 0.29) is 5.91 Å². The normalized spacial score (nSPS) is 13.0. The fraction of sp³-hybridized carbons (Fsp3) is 0.0625. The highest BCUT2D eigenvalue weighted by molar-refractivity contribution is 6.30. The third kappa shape index (κ3) is 2.71. The highest BCUT2D eigenvalue weighted by Crippen LogP contribution is 2.27. The van der Waals surface area contributed by atoms with Crippen molar-refractivity contribution in [1.82, 2.24) is 10.9 Å². The van der Waals surface area contributed by atoms with Gasteiger partial charge in [0, 0.05) is 22.6 Å². The second-order valence-electron chi connectivity index (χ2n) is 4.81. The number of hydrogen-bond donors (Lipinski definition) is 3. The molecule has 0 spiro atoms. The van der Waals surface area contributed by atoms with Gasteiger partial charge in [-0.1, -0.05) is 35.9 Å². The van der Waals surface area contributed by atoms with Crippen LogP contribution in [0, 0.1) is 0 Å². The lowest BCUT2D eigenvalue weighted by Gasteiger charge is -2.10. The van der Waals surface area contributed by atoms with Crippen LogP contribution in [-0.4, -0.2) is 5.91 Å². The van der Waals surface area contributed by atoms with E-state index in [9.17, 15) is 4.79 Å². The first-order valence-corrected chi connectivity index (χ1v) is 6.92. The number of fused-ring (bicyclic) bond motifs is 1. The average molecular weight is 300 g/mol. The third-order valence-electron chi connectivity index (χ3n) is 3.43. The van der Waals surface area contributed by atoms with Gasteiger partial charge in [-0.3, -0.25) is 10.2 Å². The first kappa shape index (κ1) is 13.5. The second kappa shape index (κ2) is 5.50. The number of hydrazine groups is 1. The summed E-state index contributed by atoms with van der Waals surface area (Å²) in [6.07, 6.45) is 0.683. The highest BCUT2D eigenvalue weighted by atomic mass is 35.5. The largest absolute Gasteiger partial charge is 0.397 e. The SMILES string of the molecule is NC1=C(NNC(=O)c2ccc(Cl)cc2)Cc2ccccc21. The molecule has 3 rings (SSSR count). The zero-order valence-electron chi connectivity index (χ0n) is 11.2. The minimum Gasteiger partial charge on any atom is -0.397 e. The van der Waals surface area contributed by atoms with E-state index in [4.69, 9.17) is 17.3 Å². The molecule has 4 N–H and O–H groups in total. The van der Waals surface area contributed by atoms with Crippen LogP contribution in [-0.2, 0) is 6.42 Å². The van der Waals surface area contributed by atoms with Gasteiger partial charge in [-0.05, 0) is 29.8 Å². The molecular formula is C16H14ClN3O. The van der Waals surface area contributed by atoms with Crippen LogP contribution in [0.5, 0.6) is 0 Å². The standard InChI is InChI=1S/C16H14ClN3O/c17-12-7-5-10(6-8-12)16(21)20-19-14-9-11-3-1-2-4-13(11)15(14)18/h1-8,19H,9,18H2,(H,20,21). The Balaban J connectivity index is 1.68. The molecule has 0 aromatic heterocycles. The van der Waals surface area contributed by atoms with Crippen molar-refractivity contribution in [1.29, 1.82) is 0 Å². The summed E-state index contributed by atoms with van der Waals surface area (Å²) in [7, 11) is 0. The van der Waals surface area contributed by atoms with E-state index in [1.54, 1.807) is 24.3 Å². The summed E-state index contributed by atoms with van der Waals surface area (Å²) in [6, 6.07) is 14.6. The smallest absolute Gasteiger partial charge is 0.269 e. The summed E-state index contributed by atoms with van der Waals surface area (Å²) in [5, 5.41) is 0.595. The minimum atomic E-state index is -0.233. The molecule has 0 fully saturated rings. The van der Waals surface area contributed by atoms with Gasteiger partial charge in [0.2, 0.25) is 0 Å². The van der Waals surface area contributed by atoms with Crippen LogP contribution in [0.2, 0.25) is 5.02 Å². The Kier molecular flexibility index (Phi) is 3.54. The van der Waals surface area contributed by atoms with Crippen LogP contribution >= 0.6 is 11.6 Å². The Labute approximate surface area is 127 Å². The van der Waals surface area contributed by atoms with Crippen LogP contribution < -0.4 is 16.6 Å². The number of carbonyl (C=O) groups is 1. The van der Waals surface area contributed by atoms with Crippen molar-refractivity contribution in [3.8, 4) is 0 Å². The van der Waals surface area contributed by atoms with Crippen LogP contribution in [0.4, 0.5) is 0 Å². The highest BCUT2D eigenvalue weighted by Gasteiger charge is 2.19. The van der Waals surface area contributed by atoms with Crippen molar-refractivity contribution >= 4 is 23.2 Å². The van der Waals surface area contributed by atoms with Gasteiger partial charge in [-0.25, -0.2) is 0 Å². The molecule has 0 saturated heterocycles. The molecule has 0 aliphatic heterocycles. The van der Waals surface area contributed by atoms with Gasteiger partial charge in [0.15, 0.2) is 0 Å². The van der Waals surface area contributed by atoms with E-state index < -0.39 is 0 Å². The number of rotatable bonds is 3. The molecule has 1 aliphatic rings. The maximum atomic E-state index is 12.0. The average Bonchev–Trinajstić information content (AvgIpc) is 2.82. The lowest BCUT2D eigenvalue weighted by molar-refractivity contribution is 0.0938. The Morgan fingerprint density at radius 3 is 2.52 bits per heavy atom. The fourth-order valence-electron chi connectivity index (χ4n) is 2.30. The minimum absolute atomic E-state index is 0.233. The number of nitrogens with two attached hydrogens (primary N) is 1. The monoisotopic (exact) mass is 299 g/mol. The summed E-state index contributed by atoms with van der Waals surface area (Å²) < 4.78 is 0. The molecule has 1 aliphatic carbocycles. The lowest BCUT2D eigenvalue weighted by atomic mass is 10.1. The van der Waals surface area contributed by atoms with Gasteiger partial charge < -0.3 is 11.2 Å². The van der Waals surface area contributed by atoms with Crippen LogP contribution in [0.1, 0.15) is 21.5 Å². The molecule has 0 saturated carbocycles. The number of allylic oxidation sites excluding steroid dienone is 1. The molecule has 2 aromatic rings. The molecule has 2 aromatic carbocycles. The fourth-order valence-corrected chi connectivity index (χ4v) is 2.43. The van der Waals surface area contributed by atoms with E-state index in [0.717, 1.165) is 16.8 Å². The summed E-state index contributed by atoms with van der Waals surface area (Å²) in [5.74, 6) is -0.233. The van der Waals surface area contributed by atoms with E-state index in [1.165, 1.54) is 0 Å². The van der Waals surface area contributed by atoms with Crippen molar-refractivity contribution in [3.05, 3.63) is 75.9 Å². The Morgan fingerprint density at radius 2 is 1.81 bits per heavy atom. The second-order valence-corrected chi connectivity index (χ2v) is 5.25. The molecule has 0 bridgehead atoms. The van der Waals surface area contributed by atoms with Crippen molar-refractivity contribution < 1.29 is 4.79 Å². The molecule has 0 unspecified atom stereocenters. The maximum Gasteiger partial charge on any atom is 0.269 e. The number of benzene rings is 2. The van der Waals surface area contributed by atoms with Gasteiger partial charge in [0.1, 0.15) is 0 Å². The van der Waals surface area contributed by atoms with E-state index >= 15 is 0 Å². The summed E-state index contributed by atoms with van der Waals surface area (Å²) in [5.41, 5.74) is 15.8. The van der Waals surface area contributed by atoms with Crippen LogP contribution in [0.25, 0.3) is 5.70 Å². The number of amides is 1. The number of hydrogen-bond acceptors (Lipinski definition) is 3. The van der Waals surface area contributed by atoms with Gasteiger partial charge in [0.05, 0.1) is 11.4 Å². The topological polar surface area (TPSA) is 67.2 Å². The lowest BCUT2D eigenvalue weighted by Crippen LogP contribution is -2.37. The molecule has 1 amide bonds. The summed E-state index contributed by atoms with van der Waals surface area (Å²) >= 11 is 5.80. The zero-order valence-corrected chi connectivity index (χ0v) is 11.9. The molecule has 5 heteroatoms. The van der Waals surface area contributed by atoms with Crippen LogP contribution in [0.15, 0.2) is 54.2 Å². The maximum absolute atomic E-state index is 12.0. The van der Waals surface area contributed by atoms with Gasteiger partial charge >= 0.3 is 0 Å². The van der Waals surface area contributed by atoms with E-state index in [2.05, 4.69) is 10.9 Å². The predicted octanol–water partition coefficient (Wildman–Crippen LogP) is 2.46. The first-order chi connectivity index (χ1) is 10.1. The Bertz CT molecular complexity index is 723. The van der Waals surface area contributed by atoms with Gasteiger partial charge in [-0.15, -0.1) is 0 Å². The molecule has 0 heterocycles. The zero-order chi connectivity index (χ0) is 14.8.